The number of hydrogen-bond acceptors (Lipinski definition) is 6. The largest absolute Gasteiger partial charge is 0.373 e. The van der Waals surface area contributed by atoms with E-state index in [0.717, 1.165) is 69.3 Å². The molecule has 0 aliphatic carbocycles. The van der Waals surface area contributed by atoms with E-state index in [9.17, 15) is 4.79 Å². The van der Waals surface area contributed by atoms with E-state index >= 15 is 0 Å². The van der Waals surface area contributed by atoms with Crippen LogP contribution in [0.3, 0.4) is 0 Å². The number of fused-ring (bicyclic) bond motifs is 2. The van der Waals surface area contributed by atoms with Gasteiger partial charge in [0.15, 0.2) is 5.82 Å². The highest BCUT2D eigenvalue weighted by Crippen LogP contribution is 2.34. The van der Waals surface area contributed by atoms with E-state index in [0.29, 0.717) is 0 Å². The number of rotatable bonds is 5. The summed E-state index contributed by atoms with van der Waals surface area (Å²) in [5, 5.41) is 3.29. The monoisotopic (exact) mass is 448 g/mol. The topological polar surface area (TPSA) is 64.6 Å². The summed E-state index contributed by atoms with van der Waals surface area (Å²) in [6.07, 6.45) is 5.32. The highest BCUT2D eigenvalue weighted by molar-refractivity contribution is 5.74. The van der Waals surface area contributed by atoms with Crippen LogP contribution in [0.15, 0.2) is 18.2 Å². The lowest BCUT2D eigenvalue weighted by Gasteiger charge is -2.32. The van der Waals surface area contributed by atoms with Crippen molar-refractivity contribution >= 4 is 17.4 Å². The number of benzene rings is 1. The molecular formula is C26H36N6O. The highest BCUT2D eigenvalue weighted by Gasteiger charge is 2.32. The van der Waals surface area contributed by atoms with Crippen molar-refractivity contribution in [2.24, 2.45) is 0 Å². The van der Waals surface area contributed by atoms with Crippen LogP contribution in [0.1, 0.15) is 67.4 Å². The highest BCUT2D eigenvalue weighted by atomic mass is 16.2. The summed E-state index contributed by atoms with van der Waals surface area (Å²) >= 11 is 0. The normalized spacial score (nSPS) is 20.5. The average Bonchev–Trinajstić information content (AvgIpc) is 3.33. The van der Waals surface area contributed by atoms with Crippen LogP contribution in [0.2, 0.25) is 0 Å². The lowest BCUT2D eigenvalue weighted by atomic mass is 9.98. The molecule has 0 bridgehead atoms. The summed E-state index contributed by atoms with van der Waals surface area (Å²) in [6, 6.07) is 7.04. The molecule has 4 heterocycles. The van der Waals surface area contributed by atoms with E-state index in [1.165, 1.54) is 41.8 Å². The minimum absolute atomic E-state index is 0.00238. The molecule has 3 aliphatic rings. The van der Waals surface area contributed by atoms with E-state index in [1.807, 2.05) is 11.9 Å². The molecule has 3 aliphatic heterocycles. The van der Waals surface area contributed by atoms with E-state index in [1.54, 1.807) is 6.92 Å². The molecule has 176 valence electrons. The predicted molar refractivity (Wildman–Crippen MR) is 131 cm³/mol. The second kappa shape index (κ2) is 9.29. The fourth-order valence-electron chi connectivity index (χ4n) is 5.82. The third kappa shape index (κ3) is 4.31. The van der Waals surface area contributed by atoms with Gasteiger partial charge in [-0.15, -0.1) is 0 Å². The van der Waals surface area contributed by atoms with Crippen molar-refractivity contribution in [3.63, 3.8) is 0 Å². The Labute approximate surface area is 197 Å². The predicted octanol–water partition coefficient (Wildman–Crippen LogP) is 3.53. The molecule has 2 aromatic rings. The maximum absolute atomic E-state index is 12.1. The summed E-state index contributed by atoms with van der Waals surface area (Å²) in [5.74, 6) is 1.83. The number of likely N-dealkylation sites (tertiary alicyclic amines) is 1. The summed E-state index contributed by atoms with van der Waals surface area (Å²) in [6.45, 7) is 9.71. The molecule has 1 N–H and O–H groups in total. The van der Waals surface area contributed by atoms with Gasteiger partial charge < -0.3 is 15.1 Å². The summed E-state index contributed by atoms with van der Waals surface area (Å²) in [7, 11) is 1.93. The second-order valence-corrected chi connectivity index (χ2v) is 9.58. The molecule has 0 radical (unpaired) electrons. The zero-order valence-electron chi connectivity index (χ0n) is 20.2. The third-order valence-corrected chi connectivity index (χ3v) is 7.50. The maximum Gasteiger partial charge on any atom is 0.220 e. The van der Waals surface area contributed by atoms with Gasteiger partial charge in [0, 0.05) is 64.5 Å². The Hall–Kier alpha value is -2.67. The van der Waals surface area contributed by atoms with Crippen LogP contribution in [-0.4, -0.2) is 58.9 Å². The van der Waals surface area contributed by atoms with Crippen LogP contribution in [-0.2, 0) is 30.7 Å². The summed E-state index contributed by atoms with van der Waals surface area (Å²) < 4.78 is 0. The molecule has 0 spiro atoms. The smallest absolute Gasteiger partial charge is 0.220 e. The fourth-order valence-corrected chi connectivity index (χ4v) is 5.82. The van der Waals surface area contributed by atoms with Crippen molar-refractivity contribution in [3.8, 4) is 0 Å². The van der Waals surface area contributed by atoms with Gasteiger partial charge in [0.05, 0.1) is 11.7 Å². The number of nitrogens with one attached hydrogen (secondary N) is 1. The molecular weight excluding hydrogens is 412 g/mol. The van der Waals surface area contributed by atoms with Crippen molar-refractivity contribution in [2.45, 2.75) is 65.1 Å². The molecule has 7 heteroatoms. The van der Waals surface area contributed by atoms with Gasteiger partial charge in [-0.25, -0.2) is 9.97 Å². The fraction of sp³-hybridized carbons (Fsp3) is 0.577. The quantitative estimate of drug-likeness (QED) is 0.755. The SMILES string of the molecule is CCN1CCCc2cc(CN3CCc4c(nc([C@@H]5CCCN5C(C)=O)nc4NC)C3)ccc21. The van der Waals surface area contributed by atoms with Crippen LogP contribution in [0.4, 0.5) is 11.5 Å². The van der Waals surface area contributed by atoms with Crippen molar-refractivity contribution in [3.05, 3.63) is 46.4 Å². The molecule has 1 aromatic heterocycles. The van der Waals surface area contributed by atoms with Gasteiger partial charge in [-0.2, -0.15) is 0 Å². The Morgan fingerprint density at radius 3 is 2.82 bits per heavy atom. The lowest BCUT2D eigenvalue weighted by molar-refractivity contribution is -0.129. The molecule has 7 nitrogen and oxygen atoms in total. The number of aryl methyl sites for hydroxylation is 1. The second-order valence-electron chi connectivity index (χ2n) is 9.58. The molecule has 0 unspecified atom stereocenters. The van der Waals surface area contributed by atoms with Crippen LogP contribution in [0.25, 0.3) is 0 Å². The van der Waals surface area contributed by atoms with E-state index < -0.39 is 0 Å². The van der Waals surface area contributed by atoms with Gasteiger partial charge in [0.2, 0.25) is 5.91 Å². The zero-order valence-corrected chi connectivity index (χ0v) is 20.2. The Balaban J connectivity index is 1.36. The Kier molecular flexibility index (Phi) is 6.23. The van der Waals surface area contributed by atoms with Crippen LogP contribution < -0.4 is 10.2 Å². The molecule has 1 saturated heterocycles. The number of nitrogens with zero attached hydrogens (tertiary/aromatic N) is 5. The Morgan fingerprint density at radius 2 is 2.03 bits per heavy atom. The number of carbonyl (C=O) groups is 1. The molecule has 1 amide bonds. The first-order chi connectivity index (χ1) is 16.1. The minimum atomic E-state index is -0.00238. The summed E-state index contributed by atoms with van der Waals surface area (Å²) in [4.78, 5) is 28.9. The van der Waals surface area contributed by atoms with Gasteiger partial charge in [0.25, 0.3) is 0 Å². The number of hydrogen-bond donors (Lipinski definition) is 1. The number of anilines is 2. The van der Waals surface area contributed by atoms with Gasteiger partial charge in [-0.05, 0) is 56.2 Å². The van der Waals surface area contributed by atoms with E-state index in [4.69, 9.17) is 9.97 Å². The average molecular weight is 449 g/mol. The number of aromatic nitrogens is 2. The molecule has 33 heavy (non-hydrogen) atoms. The number of amides is 1. The van der Waals surface area contributed by atoms with Gasteiger partial charge >= 0.3 is 0 Å². The van der Waals surface area contributed by atoms with Crippen molar-refractivity contribution < 1.29 is 4.79 Å². The molecule has 5 rings (SSSR count). The standard InChI is InChI=1S/C26H36N6O/c1-4-31-12-5-7-20-15-19(9-10-23(20)31)16-30-14-11-21-22(17-30)28-26(29-25(21)27-3)24-8-6-13-32(24)18(2)33/h9-10,15,24H,4-8,11-14,16-17H2,1-3H3,(H,27,28,29)/t24-/m0/s1. The van der Waals surface area contributed by atoms with Crippen LogP contribution in [0.5, 0.6) is 0 Å². The van der Waals surface area contributed by atoms with Gasteiger partial charge in [0.1, 0.15) is 5.82 Å². The minimum Gasteiger partial charge on any atom is -0.373 e. The Morgan fingerprint density at radius 1 is 1.15 bits per heavy atom. The third-order valence-electron chi connectivity index (χ3n) is 7.50. The van der Waals surface area contributed by atoms with E-state index in [2.05, 4.69) is 40.2 Å². The first-order valence-corrected chi connectivity index (χ1v) is 12.5. The van der Waals surface area contributed by atoms with Crippen LogP contribution in [0, 0.1) is 0 Å². The summed E-state index contributed by atoms with van der Waals surface area (Å²) in [5.41, 5.74) is 6.64. The van der Waals surface area contributed by atoms with Gasteiger partial charge in [-0.1, -0.05) is 12.1 Å². The van der Waals surface area contributed by atoms with Crippen molar-refractivity contribution in [1.29, 1.82) is 0 Å². The zero-order chi connectivity index (χ0) is 22.9. The molecule has 1 aromatic carbocycles. The molecule has 1 atom stereocenters. The van der Waals surface area contributed by atoms with Gasteiger partial charge in [-0.3, -0.25) is 9.69 Å². The maximum atomic E-state index is 12.1. The first-order valence-electron chi connectivity index (χ1n) is 12.5. The van der Waals surface area contributed by atoms with Crippen molar-refractivity contribution in [2.75, 3.05) is 43.4 Å². The van der Waals surface area contributed by atoms with Crippen molar-refractivity contribution in [1.82, 2.24) is 19.8 Å². The Bertz CT molecular complexity index is 1040. The lowest BCUT2D eigenvalue weighted by Crippen LogP contribution is -2.34. The van der Waals surface area contributed by atoms with E-state index in [-0.39, 0.29) is 11.9 Å². The first kappa shape index (κ1) is 22.1. The van der Waals surface area contributed by atoms with Crippen LogP contribution >= 0.6 is 0 Å². The molecule has 0 saturated carbocycles. The molecule has 1 fully saturated rings. The number of carbonyl (C=O) groups excluding carboxylic acids is 1.